The number of hydrogen-bond acceptors (Lipinski definition) is 5. The van der Waals surface area contributed by atoms with Crippen molar-refractivity contribution in [2.75, 3.05) is 6.54 Å². The van der Waals surface area contributed by atoms with E-state index < -0.39 is 41.6 Å². The van der Waals surface area contributed by atoms with Crippen molar-refractivity contribution in [3.8, 4) is 0 Å². The van der Waals surface area contributed by atoms with E-state index in [1.165, 1.54) is 18.2 Å². The van der Waals surface area contributed by atoms with Gasteiger partial charge in [0.1, 0.15) is 5.52 Å². The van der Waals surface area contributed by atoms with Crippen LogP contribution in [0.15, 0.2) is 83.3 Å². The van der Waals surface area contributed by atoms with Gasteiger partial charge in [-0.15, -0.1) is 0 Å². The molecule has 0 spiro atoms. The molecule has 0 aliphatic rings. The number of rotatable bonds is 10. The molecule has 2 atom stereocenters. The molecule has 1 aromatic heterocycles. The maximum atomic E-state index is 13.6. The monoisotopic (exact) mass is 539 g/mol. The third-order valence-corrected chi connectivity index (χ3v) is 6.35. The molecule has 0 fully saturated rings. The number of fused-ring (bicyclic) bond motifs is 1. The normalized spacial score (nSPS) is 14.0. The smallest absolute Gasteiger partial charge is 0.416 e. The predicted octanol–water partition coefficient (Wildman–Crippen LogP) is 5.05. The van der Waals surface area contributed by atoms with Crippen LogP contribution in [-0.2, 0) is 27.8 Å². The number of amides is 2. The fourth-order valence-electron chi connectivity index (χ4n) is 4.38. The van der Waals surface area contributed by atoms with Crippen LogP contribution in [0.3, 0.4) is 0 Å². The summed E-state index contributed by atoms with van der Waals surface area (Å²) in [4.78, 5) is 29.2. The third kappa shape index (κ3) is 7.02. The highest BCUT2D eigenvalue weighted by Gasteiger charge is 2.37. The van der Waals surface area contributed by atoms with Crippen molar-refractivity contribution in [2.24, 2.45) is 0 Å². The highest BCUT2D eigenvalue weighted by molar-refractivity contribution is 5.79. The lowest BCUT2D eigenvalue weighted by Gasteiger charge is -2.26. The lowest BCUT2D eigenvalue weighted by Crippen LogP contribution is -2.42. The molecule has 4 aromatic rings. The first kappa shape index (κ1) is 27.8. The van der Waals surface area contributed by atoms with Gasteiger partial charge < -0.3 is 20.2 Å². The summed E-state index contributed by atoms with van der Waals surface area (Å²) in [6.07, 6.45) is -4.56. The van der Waals surface area contributed by atoms with Crippen LogP contribution in [0.25, 0.3) is 11.1 Å². The molecule has 0 saturated heterocycles. The zero-order chi connectivity index (χ0) is 28.0. The first-order valence-corrected chi connectivity index (χ1v) is 12.4. The Balaban J connectivity index is 1.55. The van der Waals surface area contributed by atoms with E-state index in [0.717, 1.165) is 18.6 Å². The molecule has 204 valence electrons. The highest BCUT2D eigenvalue weighted by Crippen LogP contribution is 2.35. The van der Waals surface area contributed by atoms with Crippen molar-refractivity contribution >= 4 is 22.9 Å². The van der Waals surface area contributed by atoms with Crippen molar-refractivity contribution in [3.05, 3.63) is 101 Å². The molecule has 0 saturated carbocycles. The summed E-state index contributed by atoms with van der Waals surface area (Å²) in [5.74, 6) is -1.24. The molecule has 4 rings (SSSR count). The van der Waals surface area contributed by atoms with E-state index >= 15 is 0 Å². The van der Waals surface area contributed by atoms with Gasteiger partial charge in [0.25, 0.3) is 0 Å². The molecule has 10 heteroatoms. The fraction of sp³-hybridized carbons (Fsp3) is 0.276. The van der Waals surface area contributed by atoms with Gasteiger partial charge >= 0.3 is 6.18 Å². The van der Waals surface area contributed by atoms with E-state index in [1.54, 1.807) is 24.3 Å². The Morgan fingerprint density at radius 2 is 1.64 bits per heavy atom. The molecule has 2 unspecified atom stereocenters. The number of aliphatic hydroxyl groups is 1. The average Bonchev–Trinajstić information content (AvgIpc) is 3.36. The van der Waals surface area contributed by atoms with Gasteiger partial charge in [-0.2, -0.15) is 13.2 Å². The van der Waals surface area contributed by atoms with Crippen molar-refractivity contribution in [3.63, 3.8) is 0 Å². The summed E-state index contributed by atoms with van der Waals surface area (Å²) >= 11 is 0. The van der Waals surface area contributed by atoms with E-state index in [-0.39, 0.29) is 24.4 Å². The van der Waals surface area contributed by atoms with Gasteiger partial charge in [-0.05, 0) is 42.2 Å². The summed E-state index contributed by atoms with van der Waals surface area (Å²) in [7, 11) is 0. The highest BCUT2D eigenvalue weighted by atomic mass is 19.4. The molecule has 1 heterocycles. The van der Waals surface area contributed by atoms with E-state index in [4.69, 9.17) is 4.42 Å². The Kier molecular flexibility index (Phi) is 8.35. The van der Waals surface area contributed by atoms with Gasteiger partial charge in [0.2, 0.25) is 17.7 Å². The second-order valence-corrected chi connectivity index (χ2v) is 9.32. The minimum Gasteiger partial charge on any atom is -0.437 e. The number of carbonyl (C=O) groups excluding carboxylic acids is 2. The standard InChI is InChI=1S/C29H28F3N3O4/c1-19(36)34-24(21-11-5-6-12-22(21)29(30,31)32)17-26(37)33-18-28(38,16-15-20-9-3-2-4-10-20)27-35-23-13-7-8-14-25(23)39-27/h2-14,24,38H,15-18H2,1H3,(H,33,37)(H,34,36). The van der Waals surface area contributed by atoms with E-state index in [2.05, 4.69) is 15.6 Å². The van der Waals surface area contributed by atoms with Crippen LogP contribution < -0.4 is 10.6 Å². The largest absolute Gasteiger partial charge is 0.437 e. The Morgan fingerprint density at radius 1 is 0.974 bits per heavy atom. The van der Waals surface area contributed by atoms with Crippen molar-refractivity contribution in [1.29, 1.82) is 0 Å². The number of nitrogens with zero attached hydrogens (tertiary/aromatic N) is 1. The second-order valence-electron chi connectivity index (χ2n) is 9.32. The van der Waals surface area contributed by atoms with Crippen LogP contribution >= 0.6 is 0 Å². The predicted molar refractivity (Wildman–Crippen MR) is 138 cm³/mol. The second kappa shape index (κ2) is 11.7. The summed E-state index contributed by atoms with van der Waals surface area (Å²) in [5, 5.41) is 16.7. The molecule has 0 bridgehead atoms. The number of alkyl halides is 3. The number of aromatic nitrogens is 1. The topological polar surface area (TPSA) is 104 Å². The number of benzene rings is 3. The summed E-state index contributed by atoms with van der Waals surface area (Å²) in [6, 6.07) is 20.0. The summed E-state index contributed by atoms with van der Waals surface area (Å²) < 4.78 is 46.7. The van der Waals surface area contributed by atoms with Crippen LogP contribution in [-0.4, -0.2) is 28.4 Å². The Morgan fingerprint density at radius 3 is 2.33 bits per heavy atom. The third-order valence-electron chi connectivity index (χ3n) is 6.35. The van der Waals surface area contributed by atoms with E-state index in [1.807, 2.05) is 30.3 Å². The van der Waals surface area contributed by atoms with Crippen LogP contribution in [0.2, 0.25) is 0 Å². The number of aryl methyl sites for hydroxylation is 1. The van der Waals surface area contributed by atoms with E-state index in [0.29, 0.717) is 17.5 Å². The molecule has 0 aliphatic carbocycles. The zero-order valence-corrected chi connectivity index (χ0v) is 21.2. The number of nitrogens with one attached hydrogen (secondary N) is 2. The van der Waals surface area contributed by atoms with Crippen molar-refractivity contribution < 1.29 is 32.3 Å². The van der Waals surface area contributed by atoms with Crippen LogP contribution in [0, 0.1) is 0 Å². The van der Waals surface area contributed by atoms with E-state index in [9.17, 15) is 27.9 Å². The van der Waals surface area contributed by atoms with Crippen LogP contribution in [0.5, 0.6) is 0 Å². The van der Waals surface area contributed by atoms with Gasteiger partial charge in [-0.3, -0.25) is 9.59 Å². The quantitative estimate of drug-likeness (QED) is 0.262. The van der Waals surface area contributed by atoms with Crippen molar-refractivity contribution in [2.45, 2.75) is 44.0 Å². The number of carbonyl (C=O) groups is 2. The van der Waals surface area contributed by atoms with Crippen LogP contribution in [0.4, 0.5) is 13.2 Å². The maximum absolute atomic E-state index is 13.6. The molecule has 3 N–H and O–H groups in total. The molecule has 2 amide bonds. The average molecular weight is 540 g/mol. The summed E-state index contributed by atoms with van der Waals surface area (Å²) in [6.45, 7) is 0.857. The molecular weight excluding hydrogens is 511 g/mol. The maximum Gasteiger partial charge on any atom is 0.416 e. The minimum absolute atomic E-state index is 0.0146. The number of halogens is 3. The van der Waals surface area contributed by atoms with Gasteiger partial charge in [-0.25, -0.2) is 4.98 Å². The van der Waals surface area contributed by atoms with Crippen molar-refractivity contribution in [1.82, 2.24) is 15.6 Å². The number of hydrogen-bond donors (Lipinski definition) is 3. The molecule has 0 aliphatic heterocycles. The van der Waals surface area contributed by atoms with Gasteiger partial charge in [0.05, 0.1) is 24.6 Å². The Bertz CT molecular complexity index is 1410. The van der Waals surface area contributed by atoms with Gasteiger partial charge in [-0.1, -0.05) is 60.7 Å². The number of para-hydroxylation sites is 2. The minimum atomic E-state index is -4.67. The van der Waals surface area contributed by atoms with Crippen LogP contribution in [0.1, 0.15) is 48.4 Å². The first-order chi connectivity index (χ1) is 18.5. The zero-order valence-electron chi connectivity index (χ0n) is 21.2. The number of oxazole rings is 1. The molecule has 39 heavy (non-hydrogen) atoms. The molecule has 3 aromatic carbocycles. The van der Waals surface area contributed by atoms with Gasteiger partial charge in [0.15, 0.2) is 11.2 Å². The Hall–Kier alpha value is -4.18. The molecular formula is C29H28F3N3O4. The summed E-state index contributed by atoms with van der Waals surface area (Å²) in [5.41, 5.74) is -0.931. The molecule has 7 nitrogen and oxygen atoms in total. The molecule has 0 radical (unpaired) electrons. The lowest BCUT2D eigenvalue weighted by molar-refractivity contribution is -0.139. The Labute approximate surface area is 223 Å². The van der Waals surface area contributed by atoms with Gasteiger partial charge in [0, 0.05) is 6.92 Å². The SMILES string of the molecule is CC(=O)NC(CC(=O)NCC(O)(CCc1ccccc1)c1nc2ccccc2o1)c1ccccc1C(F)(F)F. The fourth-order valence-corrected chi connectivity index (χ4v) is 4.38. The lowest BCUT2D eigenvalue weighted by atomic mass is 9.94. The first-order valence-electron chi connectivity index (χ1n) is 12.4.